The third kappa shape index (κ3) is 5.30. The number of hydrogen-bond acceptors (Lipinski definition) is 8. The van der Waals surface area contributed by atoms with Gasteiger partial charge in [0.05, 0.1) is 36.7 Å². The molecular weight excluding hydrogens is 460 g/mol. The Balaban J connectivity index is 1.62. The lowest BCUT2D eigenvalue weighted by Crippen LogP contribution is -2.37. The zero-order chi connectivity index (χ0) is 24.1. The largest absolute Gasteiger partial charge is 0.461 e. The number of fused-ring (bicyclic) bond motifs is 1. The van der Waals surface area contributed by atoms with Crippen LogP contribution in [-0.2, 0) is 9.53 Å². The van der Waals surface area contributed by atoms with Gasteiger partial charge in [0.25, 0.3) is 5.91 Å². The number of ether oxygens (including phenoxy) is 2. The first-order valence-electron chi connectivity index (χ1n) is 10.5. The normalized spacial score (nSPS) is 12.0. The van der Waals surface area contributed by atoms with Crippen molar-refractivity contribution in [3.05, 3.63) is 65.2 Å². The summed E-state index contributed by atoms with van der Waals surface area (Å²) in [5.41, 5.74) is 3.53. The second-order valence-electron chi connectivity index (χ2n) is 7.52. The van der Waals surface area contributed by atoms with Crippen molar-refractivity contribution in [3.63, 3.8) is 0 Å². The predicted molar refractivity (Wildman–Crippen MR) is 126 cm³/mol. The van der Waals surface area contributed by atoms with Crippen LogP contribution >= 0.6 is 11.6 Å². The highest BCUT2D eigenvalue weighted by Gasteiger charge is 2.24. The van der Waals surface area contributed by atoms with E-state index in [1.54, 1.807) is 23.0 Å². The summed E-state index contributed by atoms with van der Waals surface area (Å²) in [7, 11) is 0. The van der Waals surface area contributed by atoms with E-state index < -0.39 is 12.0 Å². The van der Waals surface area contributed by atoms with E-state index in [9.17, 15) is 4.79 Å². The molecule has 4 aromatic rings. The van der Waals surface area contributed by atoms with E-state index in [1.165, 1.54) is 12.5 Å². The van der Waals surface area contributed by atoms with Gasteiger partial charge in [-0.15, -0.1) is 0 Å². The van der Waals surface area contributed by atoms with E-state index >= 15 is 0 Å². The molecule has 3 heterocycles. The van der Waals surface area contributed by atoms with Crippen LogP contribution in [0.4, 0.5) is 5.82 Å². The predicted octanol–water partition coefficient (Wildman–Crippen LogP) is 2.88. The third-order valence-corrected chi connectivity index (χ3v) is 5.18. The van der Waals surface area contributed by atoms with Crippen LogP contribution in [0.5, 0.6) is 5.88 Å². The highest BCUT2D eigenvalue weighted by atomic mass is 35.5. The van der Waals surface area contributed by atoms with Gasteiger partial charge in [-0.2, -0.15) is 5.10 Å². The van der Waals surface area contributed by atoms with E-state index in [-0.39, 0.29) is 25.7 Å². The number of rotatable bonds is 9. The van der Waals surface area contributed by atoms with Crippen LogP contribution in [0.25, 0.3) is 16.7 Å². The topological polar surface area (TPSA) is 124 Å². The van der Waals surface area contributed by atoms with Crippen LogP contribution in [0.2, 0.25) is 5.02 Å². The SMILES string of the molecule is Cc1ccc(C)c(-n2ncc3c(OC(COCCO)C(=O)Nc4ccc(Cl)cn4)ncnc32)c1. The Morgan fingerprint density at radius 2 is 2.03 bits per heavy atom. The van der Waals surface area contributed by atoms with Crippen molar-refractivity contribution >= 4 is 34.4 Å². The zero-order valence-electron chi connectivity index (χ0n) is 18.6. The summed E-state index contributed by atoms with van der Waals surface area (Å²) in [5.74, 6) is -0.0134. The van der Waals surface area contributed by atoms with Crippen LogP contribution in [0, 0.1) is 13.8 Å². The molecule has 0 bridgehead atoms. The Morgan fingerprint density at radius 1 is 1.18 bits per heavy atom. The Kier molecular flexibility index (Phi) is 7.31. The molecule has 3 aromatic heterocycles. The monoisotopic (exact) mass is 482 g/mol. The Morgan fingerprint density at radius 3 is 2.79 bits per heavy atom. The van der Waals surface area contributed by atoms with Crippen molar-refractivity contribution in [2.24, 2.45) is 0 Å². The van der Waals surface area contributed by atoms with Crippen LogP contribution in [0.3, 0.4) is 0 Å². The maximum absolute atomic E-state index is 12.9. The fourth-order valence-corrected chi connectivity index (χ4v) is 3.36. The van der Waals surface area contributed by atoms with Gasteiger partial charge in [-0.05, 0) is 43.2 Å². The van der Waals surface area contributed by atoms with Gasteiger partial charge in [0.1, 0.15) is 17.5 Å². The second-order valence-corrected chi connectivity index (χ2v) is 7.95. The number of aliphatic hydroxyl groups excluding tert-OH is 1. The van der Waals surface area contributed by atoms with E-state index in [0.717, 1.165) is 16.8 Å². The number of hydrogen-bond donors (Lipinski definition) is 2. The Bertz CT molecular complexity index is 1290. The molecule has 0 aliphatic rings. The molecule has 1 amide bonds. The van der Waals surface area contributed by atoms with Crippen LogP contribution in [-0.4, -0.2) is 61.7 Å². The number of anilines is 1. The van der Waals surface area contributed by atoms with Gasteiger partial charge in [-0.25, -0.2) is 19.6 Å². The lowest BCUT2D eigenvalue weighted by Gasteiger charge is -2.18. The first-order valence-corrected chi connectivity index (χ1v) is 10.9. The van der Waals surface area contributed by atoms with Gasteiger partial charge in [0, 0.05) is 6.20 Å². The number of nitrogens with zero attached hydrogens (tertiary/aromatic N) is 5. The number of aliphatic hydroxyl groups is 1. The van der Waals surface area contributed by atoms with Gasteiger partial charge in [0.2, 0.25) is 12.0 Å². The van der Waals surface area contributed by atoms with Crippen molar-refractivity contribution in [1.29, 1.82) is 0 Å². The molecule has 0 spiro atoms. The number of carbonyl (C=O) groups excluding carboxylic acids is 1. The molecule has 0 aliphatic heterocycles. The number of aromatic nitrogens is 5. The fourth-order valence-electron chi connectivity index (χ4n) is 3.25. The standard InChI is InChI=1S/C23H23ClN6O4/c1-14-3-4-15(2)18(9-14)30-21-17(11-28-30)23(27-13-26-21)34-19(12-33-8-7-31)22(32)29-20-6-5-16(24)10-25-20/h3-6,9-11,13,19,31H,7-8,12H2,1-2H3,(H,25,29,32). The van der Waals surface area contributed by atoms with Crippen LogP contribution in [0.15, 0.2) is 49.1 Å². The van der Waals surface area contributed by atoms with Crippen molar-refractivity contribution in [1.82, 2.24) is 24.7 Å². The molecule has 2 N–H and O–H groups in total. The highest BCUT2D eigenvalue weighted by molar-refractivity contribution is 6.30. The maximum atomic E-state index is 12.9. The number of nitrogens with one attached hydrogen (secondary N) is 1. The number of amides is 1. The molecule has 0 radical (unpaired) electrons. The average Bonchev–Trinajstić information content (AvgIpc) is 3.26. The average molecular weight is 483 g/mol. The molecule has 4 rings (SSSR count). The smallest absolute Gasteiger partial charge is 0.269 e. The molecule has 0 fully saturated rings. The molecule has 0 aliphatic carbocycles. The zero-order valence-corrected chi connectivity index (χ0v) is 19.4. The molecular formula is C23H23ClN6O4. The van der Waals surface area contributed by atoms with Crippen molar-refractivity contribution in [3.8, 4) is 11.6 Å². The summed E-state index contributed by atoms with van der Waals surface area (Å²) in [6.07, 6.45) is 3.29. The summed E-state index contributed by atoms with van der Waals surface area (Å²) in [6.45, 7) is 3.74. The first-order chi connectivity index (χ1) is 16.5. The van der Waals surface area contributed by atoms with Crippen LogP contribution < -0.4 is 10.1 Å². The summed E-state index contributed by atoms with van der Waals surface area (Å²) >= 11 is 5.86. The third-order valence-electron chi connectivity index (χ3n) is 4.95. The minimum Gasteiger partial charge on any atom is -0.461 e. The number of carbonyl (C=O) groups is 1. The van der Waals surface area contributed by atoms with E-state index in [2.05, 4.69) is 25.4 Å². The van der Waals surface area contributed by atoms with Crippen LogP contribution in [0.1, 0.15) is 11.1 Å². The van der Waals surface area contributed by atoms with E-state index in [1.807, 2.05) is 32.0 Å². The Hall–Kier alpha value is -3.60. The fraction of sp³-hybridized carbons (Fsp3) is 0.261. The van der Waals surface area contributed by atoms with Gasteiger partial charge < -0.3 is 19.9 Å². The number of pyridine rings is 1. The molecule has 1 unspecified atom stereocenters. The van der Waals surface area contributed by atoms with Crippen molar-refractivity contribution < 1.29 is 19.4 Å². The van der Waals surface area contributed by atoms with E-state index in [4.69, 9.17) is 26.2 Å². The van der Waals surface area contributed by atoms with Gasteiger partial charge in [-0.3, -0.25) is 4.79 Å². The van der Waals surface area contributed by atoms with Gasteiger partial charge in [0.15, 0.2) is 5.65 Å². The van der Waals surface area contributed by atoms with Crippen molar-refractivity contribution in [2.75, 3.05) is 25.1 Å². The minimum absolute atomic E-state index is 0.0517. The molecule has 34 heavy (non-hydrogen) atoms. The van der Waals surface area contributed by atoms with Gasteiger partial charge >= 0.3 is 0 Å². The van der Waals surface area contributed by atoms with Gasteiger partial charge in [-0.1, -0.05) is 23.7 Å². The quantitative estimate of drug-likeness (QED) is 0.349. The minimum atomic E-state index is -1.08. The summed E-state index contributed by atoms with van der Waals surface area (Å²) < 4.78 is 13.0. The molecule has 0 saturated heterocycles. The maximum Gasteiger partial charge on any atom is 0.269 e. The van der Waals surface area contributed by atoms with E-state index in [0.29, 0.717) is 21.9 Å². The molecule has 11 heteroatoms. The Labute approximate surface area is 200 Å². The first kappa shape index (κ1) is 23.6. The number of benzene rings is 1. The summed E-state index contributed by atoms with van der Waals surface area (Å²) in [6, 6.07) is 9.24. The number of aryl methyl sites for hydroxylation is 2. The second kappa shape index (κ2) is 10.6. The summed E-state index contributed by atoms with van der Waals surface area (Å²) in [5, 5.41) is 17.2. The molecule has 10 nitrogen and oxygen atoms in total. The van der Waals surface area contributed by atoms with Crippen molar-refractivity contribution in [2.45, 2.75) is 20.0 Å². The molecule has 1 aromatic carbocycles. The lowest BCUT2D eigenvalue weighted by atomic mass is 10.1. The highest BCUT2D eigenvalue weighted by Crippen LogP contribution is 2.26. The summed E-state index contributed by atoms with van der Waals surface area (Å²) in [4.78, 5) is 25.6. The molecule has 0 saturated carbocycles. The molecule has 176 valence electrons. The lowest BCUT2D eigenvalue weighted by molar-refractivity contribution is -0.125. The number of halogens is 1. The molecule has 1 atom stereocenters.